The lowest BCUT2D eigenvalue weighted by Gasteiger charge is -2.47. The van der Waals surface area contributed by atoms with E-state index in [-0.39, 0.29) is 28.9 Å². The SMILES string of the molecule is CC(C)(C)OC(=O)N1CCCC2(CCN(S(=O)(=O)c3ccc(CNC(=O)c4ccc5nccn5c4)cc3)CC2)C1. The van der Waals surface area contributed by atoms with Crippen LogP contribution in [0.2, 0.25) is 0 Å². The summed E-state index contributed by atoms with van der Waals surface area (Å²) in [7, 11) is -3.65. The lowest BCUT2D eigenvalue weighted by Crippen LogP contribution is -2.52. The summed E-state index contributed by atoms with van der Waals surface area (Å²) in [4.78, 5) is 31.4. The zero-order valence-corrected chi connectivity index (χ0v) is 24.1. The van der Waals surface area contributed by atoms with Crippen molar-refractivity contribution >= 4 is 27.7 Å². The molecule has 1 spiro atoms. The normalized spacial score (nSPS) is 18.1. The molecular weight excluding hydrogens is 530 g/mol. The fourth-order valence-electron chi connectivity index (χ4n) is 5.57. The molecule has 1 aromatic carbocycles. The molecule has 0 atom stereocenters. The van der Waals surface area contributed by atoms with Crippen molar-refractivity contribution in [1.82, 2.24) is 23.9 Å². The van der Waals surface area contributed by atoms with Crippen LogP contribution in [-0.2, 0) is 21.3 Å². The number of piperidine rings is 2. The van der Waals surface area contributed by atoms with Gasteiger partial charge in [-0.15, -0.1) is 0 Å². The van der Waals surface area contributed by atoms with Crippen LogP contribution in [0.15, 0.2) is 59.9 Å². The lowest BCUT2D eigenvalue weighted by molar-refractivity contribution is -0.00586. The number of pyridine rings is 1. The molecule has 0 bridgehead atoms. The minimum absolute atomic E-state index is 0.0777. The van der Waals surface area contributed by atoms with Crippen LogP contribution in [0.25, 0.3) is 5.65 Å². The third-order valence-corrected chi connectivity index (χ3v) is 9.67. The Morgan fingerprint density at radius 3 is 2.45 bits per heavy atom. The number of sulfonamides is 1. The van der Waals surface area contributed by atoms with Gasteiger partial charge >= 0.3 is 6.09 Å². The second kappa shape index (κ2) is 10.9. The molecule has 2 aliphatic rings. The number of aromatic nitrogens is 2. The van der Waals surface area contributed by atoms with Crippen LogP contribution in [0.3, 0.4) is 0 Å². The molecule has 2 aliphatic heterocycles. The van der Waals surface area contributed by atoms with E-state index in [1.54, 1.807) is 68.6 Å². The molecule has 0 saturated carbocycles. The molecule has 40 heavy (non-hydrogen) atoms. The van der Waals surface area contributed by atoms with E-state index in [9.17, 15) is 18.0 Å². The van der Waals surface area contributed by atoms with E-state index in [0.717, 1.165) is 24.1 Å². The van der Waals surface area contributed by atoms with E-state index in [1.807, 2.05) is 20.8 Å². The maximum atomic E-state index is 13.4. The van der Waals surface area contributed by atoms with E-state index < -0.39 is 15.6 Å². The Morgan fingerprint density at radius 2 is 1.75 bits per heavy atom. The highest BCUT2D eigenvalue weighted by Gasteiger charge is 2.42. The topological polar surface area (TPSA) is 113 Å². The minimum Gasteiger partial charge on any atom is -0.444 e. The Balaban J connectivity index is 1.16. The zero-order chi connectivity index (χ0) is 28.5. The van der Waals surface area contributed by atoms with Crippen molar-refractivity contribution in [1.29, 1.82) is 0 Å². The summed E-state index contributed by atoms with van der Waals surface area (Å²) in [5, 5.41) is 2.88. The first-order valence-corrected chi connectivity index (χ1v) is 15.2. The number of amides is 2. The summed E-state index contributed by atoms with van der Waals surface area (Å²) in [5.41, 5.74) is 1.46. The Kier molecular flexibility index (Phi) is 7.62. The molecule has 0 radical (unpaired) electrons. The summed E-state index contributed by atoms with van der Waals surface area (Å²) in [6.07, 6.45) is 8.17. The number of carbonyl (C=O) groups excluding carboxylic acids is 2. The molecule has 10 nitrogen and oxygen atoms in total. The number of benzene rings is 1. The van der Waals surface area contributed by atoms with Crippen LogP contribution in [0.1, 0.15) is 62.4 Å². The fraction of sp³-hybridized carbons (Fsp3) is 0.483. The Labute approximate surface area is 235 Å². The van der Waals surface area contributed by atoms with E-state index in [1.165, 1.54) is 0 Å². The summed E-state index contributed by atoms with van der Waals surface area (Å²) >= 11 is 0. The summed E-state index contributed by atoms with van der Waals surface area (Å²) in [6.45, 7) is 7.98. The standard InChI is InChI=1S/C29H37N5O5S/c1-28(2,3)39-27(36)33-15-4-11-29(21-33)12-16-34(17-13-29)40(37,38)24-8-5-22(6-9-24)19-31-26(35)23-7-10-25-30-14-18-32(25)20-23/h5-10,14,18,20H,4,11-13,15-17,19,21H2,1-3H3,(H,31,35). The van der Waals surface area contributed by atoms with Gasteiger partial charge in [-0.2, -0.15) is 4.31 Å². The van der Waals surface area contributed by atoms with Gasteiger partial charge in [0.05, 0.1) is 10.5 Å². The monoisotopic (exact) mass is 567 g/mol. The molecular formula is C29H37N5O5S. The minimum atomic E-state index is -3.65. The first-order valence-electron chi connectivity index (χ1n) is 13.7. The molecule has 2 saturated heterocycles. The van der Waals surface area contributed by atoms with Crippen LogP contribution in [0.4, 0.5) is 4.79 Å². The molecule has 0 unspecified atom stereocenters. The number of likely N-dealkylation sites (tertiary alicyclic amines) is 1. The van der Waals surface area contributed by atoms with Gasteiger partial charge in [-0.3, -0.25) is 4.79 Å². The molecule has 2 amide bonds. The number of hydrogen-bond donors (Lipinski definition) is 1. The van der Waals surface area contributed by atoms with Gasteiger partial charge in [0.1, 0.15) is 11.2 Å². The van der Waals surface area contributed by atoms with Crippen LogP contribution in [-0.4, -0.2) is 70.8 Å². The number of ether oxygens (including phenoxy) is 1. The molecule has 4 heterocycles. The van der Waals surface area contributed by atoms with Gasteiger partial charge in [-0.25, -0.2) is 18.2 Å². The van der Waals surface area contributed by atoms with Crippen molar-refractivity contribution in [2.75, 3.05) is 26.2 Å². The van der Waals surface area contributed by atoms with Gasteiger partial charge in [-0.1, -0.05) is 12.1 Å². The van der Waals surface area contributed by atoms with Crippen LogP contribution >= 0.6 is 0 Å². The van der Waals surface area contributed by atoms with Gasteiger partial charge in [-0.05, 0) is 81.7 Å². The number of hydrogen-bond acceptors (Lipinski definition) is 6. The Morgan fingerprint density at radius 1 is 1.02 bits per heavy atom. The van der Waals surface area contributed by atoms with Crippen LogP contribution < -0.4 is 5.32 Å². The molecule has 5 rings (SSSR count). The number of nitrogens with zero attached hydrogens (tertiary/aromatic N) is 4. The average Bonchev–Trinajstić information content (AvgIpc) is 3.39. The third kappa shape index (κ3) is 6.15. The number of rotatable bonds is 5. The third-order valence-electron chi connectivity index (χ3n) is 7.76. The molecule has 3 aromatic rings. The quantitative estimate of drug-likeness (QED) is 0.497. The van der Waals surface area contributed by atoms with Crippen molar-refractivity contribution in [3.63, 3.8) is 0 Å². The summed E-state index contributed by atoms with van der Waals surface area (Å²) < 4.78 is 35.7. The van der Waals surface area contributed by atoms with Crippen LogP contribution in [0.5, 0.6) is 0 Å². The highest BCUT2D eigenvalue weighted by atomic mass is 32.2. The lowest BCUT2D eigenvalue weighted by atomic mass is 9.73. The smallest absolute Gasteiger partial charge is 0.410 e. The van der Waals surface area contributed by atoms with Crippen molar-refractivity contribution in [3.8, 4) is 0 Å². The first-order chi connectivity index (χ1) is 18.9. The highest BCUT2D eigenvalue weighted by molar-refractivity contribution is 7.89. The number of fused-ring (bicyclic) bond motifs is 1. The Bertz CT molecular complexity index is 1480. The predicted octanol–water partition coefficient (Wildman–Crippen LogP) is 4.07. The molecule has 2 aromatic heterocycles. The van der Waals surface area contributed by atoms with Gasteiger partial charge in [0.2, 0.25) is 10.0 Å². The zero-order valence-electron chi connectivity index (χ0n) is 23.3. The Hall–Kier alpha value is -3.44. The number of nitrogens with one attached hydrogen (secondary N) is 1. The second-order valence-corrected chi connectivity index (χ2v) is 13.8. The summed E-state index contributed by atoms with van der Waals surface area (Å²) in [6, 6.07) is 10.2. The van der Waals surface area contributed by atoms with E-state index in [4.69, 9.17) is 4.74 Å². The van der Waals surface area contributed by atoms with Gasteiger partial charge in [0, 0.05) is 51.3 Å². The maximum Gasteiger partial charge on any atom is 0.410 e. The van der Waals surface area contributed by atoms with Crippen molar-refractivity contribution in [2.24, 2.45) is 5.41 Å². The number of carbonyl (C=O) groups is 2. The van der Waals surface area contributed by atoms with Crippen molar-refractivity contribution in [3.05, 3.63) is 66.1 Å². The molecule has 11 heteroatoms. The van der Waals surface area contributed by atoms with E-state index in [0.29, 0.717) is 44.6 Å². The van der Waals surface area contributed by atoms with Gasteiger partial charge < -0.3 is 19.4 Å². The molecule has 214 valence electrons. The average molecular weight is 568 g/mol. The molecule has 0 aliphatic carbocycles. The highest BCUT2D eigenvalue weighted by Crippen LogP contribution is 2.41. The van der Waals surface area contributed by atoms with Crippen molar-refractivity contribution in [2.45, 2.75) is 63.5 Å². The van der Waals surface area contributed by atoms with E-state index >= 15 is 0 Å². The molecule has 1 N–H and O–H groups in total. The molecule has 2 fully saturated rings. The van der Waals surface area contributed by atoms with Gasteiger partial charge in [0.15, 0.2) is 0 Å². The van der Waals surface area contributed by atoms with E-state index in [2.05, 4.69) is 10.3 Å². The predicted molar refractivity (Wildman–Crippen MR) is 150 cm³/mol. The summed E-state index contributed by atoms with van der Waals surface area (Å²) in [5.74, 6) is -0.220. The first kappa shape index (κ1) is 28.1. The maximum absolute atomic E-state index is 13.4. The second-order valence-electron chi connectivity index (χ2n) is 11.8. The van der Waals surface area contributed by atoms with Crippen molar-refractivity contribution < 1.29 is 22.7 Å². The fourth-order valence-corrected chi connectivity index (χ4v) is 7.01. The largest absolute Gasteiger partial charge is 0.444 e. The van der Waals surface area contributed by atoms with Crippen LogP contribution in [0, 0.1) is 5.41 Å². The van der Waals surface area contributed by atoms with Gasteiger partial charge in [0.25, 0.3) is 5.91 Å². The number of imidazole rings is 1.